The molecular weight excluding hydrogens is 733 g/mol. The van der Waals surface area contributed by atoms with E-state index in [1.807, 2.05) is 0 Å². The lowest BCUT2D eigenvalue weighted by atomic mass is 10.0. The molecule has 2 atom stereocenters. The van der Waals surface area contributed by atoms with Crippen molar-refractivity contribution in [3.63, 3.8) is 0 Å². The van der Waals surface area contributed by atoms with Gasteiger partial charge in [0.15, 0.2) is 24.8 Å². The summed E-state index contributed by atoms with van der Waals surface area (Å²) in [5.41, 5.74) is -5.79. The number of hydrogen-bond donors (Lipinski definition) is 1. The van der Waals surface area contributed by atoms with Gasteiger partial charge in [-0.1, -0.05) is 0 Å². The highest BCUT2D eigenvalue weighted by molar-refractivity contribution is 7.97. The summed E-state index contributed by atoms with van der Waals surface area (Å²) in [6, 6.07) is 14.5. The van der Waals surface area contributed by atoms with Crippen LogP contribution in [0, 0.1) is 0 Å². The van der Waals surface area contributed by atoms with E-state index in [2.05, 4.69) is 9.47 Å². The highest BCUT2D eigenvalue weighted by Gasteiger charge is 2.71. The fraction of sp³-hybridized carbons (Fsp3) is 0.379. The summed E-state index contributed by atoms with van der Waals surface area (Å²) in [5, 5.41) is 3.44. The molecule has 0 heterocycles. The largest absolute Gasteiger partial charge is 0.743 e. The Hall–Kier alpha value is -3.49. The van der Waals surface area contributed by atoms with Crippen molar-refractivity contribution in [3.05, 3.63) is 72.8 Å². The van der Waals surface area contributed by atoms with Crippen LogP contribution in [0.3, 0.4) is 0 Å². The van der Waals surface area contributed by atoms with Gasteiger partial charge in [-0.05, 0) is 93.6 Å². The Kier molecular flexibility index (Phi) is 11.1. The highest BCUT2D eigenvalue weighted by atomic mass is 32.2. The van der Waals surface area contributed by atoms with Gasteiger partial charge in [-0.3, -0.25) is 0 Å². The topological polar surface area (TPSA) is 105 Å². The molecule has 3 aromatic carbocycles. The molecular formula is C29H25F11O7S2. The maximum atomic E-state index is 13.9. The molecule has 0 radical (unpaired) electrons. The normalized spacial score (nSPS) is 15.0. The number of rotatable bonds is 11. The molecule has 2 unspecified atom stereocenters. The summed E-state index contributed by atoms with van der Waals surface area (Å²) in [6.45, 7) is 3.09. The minimum atomic E-state index is -6.82. The third kappa shape index (κ3) is 9.40. The van der Waals surface area contributed by atoms with Gasteiger partial charge in [0, 0.05) is 0 Å². The zero-order valence-electron chi connectivity index (χ0n) is 25.1. The Morgan fingerprint density at radius 3 is 1.37 bits per heavy atom. The summed E-state index contributed by atoms with van der Waals surface area (Å²) in [6.07, 6.45) is -22.6. The molecule has 0 aromatic heterocycles. The lowest BCUT2D eigenvalue weighted by Gasteiger charge is -2.31. The van der Waals surface area contributed by atoms with Gasteiger partial charge in [0.05, 0.1) is 10.9 Å². The molecule has 0 aliphatic rings. The second-order valence-electron chi connectivity index (χ2n) is 11.1. The van der Waals surface area contributed by atoms with Gasteiger partial charge in [0.2, 0.25) is 0 Å². The van der Waals surface area contributed by atoms with Gasteiger partial charge >= 0.3 is 23.8 Å². The highest BCUT2D eigenvalue weighted by Crippen LogP contribution is 2.44. The van der Waals surface area contributed by atoms with Gasteiger partial charge in [-0.15, -0.1) is 0 Å². The number of aliphatic hydroxyl groups is 1. The van der Waals surface area contributed by atoms with Crippen molar-refractivity contribution in [2.75, 3.05) is 6.61 Å². The van der Waals surface area contributed by atoms with Crippen molar-refractivity contribution in [1.29, 1.82) is 0 Å². The Morgan fingerprint density at radius 2 is 1.04 bits per heavy atom. The number of ether oxygens (including phenoxy) is 3. The maximum absolute atomic E-state index is 13.9. The summed E-state index contributed by atoms with van der Waals surface area (Å²) >= 11 is 0. The van der Waals surface area contributed by atoms with E-state index in [1.54, 1.807) is 45.0 Å². The maximum Gasteiger partial charge on any atom is 0.432 e. The summed E-state index contributed by atoms with van der Waals surface area (Å²) < 4.78 is 193. The average molecular weight is 759 g/mol. The van der Waals surface area contributed by atoms with E-state index in [1.165, 1.54) is 12.1 Å². The van der Waals surface area contributed by atoms with E-state index in [9.17, 15) is 66.4 Å². The SMILES string of the molecule is CC(C)(C)Oc1ccc([S+](c2ccc(OCC(O)(C(F)(F)F)C(F)(F)F)cc2)c2ccc(OC(C(F)(F)F)C(F)(F)S(=O)(=O)[O-])cc2)cc1. The van der Waals surface area contributed by atoms with Crippen molar-refractivity contribution in [3.8, 4) is 17.2 Å². The monoisotopic (exact) mass is 758 g/mol. The molecule has 0 bridgehead atoms. The smallest absolute Gasteiger partial charge is 0.432 e. The van der Waals surface area contributed by atoms with Gasteiger partial charge in [0.1, 0.15) is 29.5 Å². The van der Waals surface area contributed by atoms with Crippen LogP contribution in [0.2, 0.25) is 0 Å². The van der Waals surface area contributed by atoms with E-state index in [0.29, 0.717) is 15.5 Å². The Morgan fingerprint density at radius 1 is 0.673 bits per heavy atom. The summed E-state index contributed by atoms with van der Waals surface area (Å²) in [5.74, 6) is -0.997. The first kappa shape index (κ1) is 39.9. The molecule has 0 aliphatic heterocycles. The molecule has 0 saturated heterocycles. The number of benzene rings is 3. The van der Waals surface area contributed by atoms with E-state index in [4.69, 9.17) is 4.74 Å². The molecule has 3 aromatic rings. The molecule has 20 heteroatoms. The van der Waals surface area contributed by atoms with Crippen LogP contribution in [-0.2, 0) is 21.0 Å². The van der Waals surface area contributed by atoms with Gasteiger partial charge in [-0.2, -0.15) is 48.3 Å². The lowest BCUT2D eigenvalue weighted by Crippen LogP contribution is -2.60. The van der Waals surface area contributed by atoms with E-state index in [0.717, 1.165) is 36.4 Å². The first-order chi connectivity index (χ1) is 22.1. The standard InChI is InChI=1S/C29H25F11O7S2/c1-24(2,3)47-19-8-14-22(15-9-19)48(20-10-4-17(5-11-20)45-16-25(41,28(35,36)37)29(38,39)40)21-12-6-18(7-13-21)46-23(26(30,31)32)27(33,34)49(42,43)44/h4-15,23,41H,16H2,1-3H3. The number of hydrogen-bond acceptors (Lipinski definition) is 7. The van der Waals surface area contributed by atoms with Crippen molar-refractivity contribution < 1.29 is 80.6 Å². The number of alkyl halides is 11. The fourth-order valence-electron chi connectivity index (χ4n) is 3.84. The van der Waals surface area contributed by atoms with E-state index < -0.39 is 80.2 Å². The molecule has 1 N–H and O–H groups in total. The van der Waals surface area contributed by atoms with E-state index >= 15 is 0 Å². The first-order valence-electron chi connectivity index (χ1n) is 13.4. The summed E-state index contributed by atoms with van der Waals surface area (Å²) in [4.78, 5) is 1.04. The molecule has 272 valence electrons. The van der Waals surface area contributed by atoms with Crippen molar-refractivity contribution in [1.82, 2.24) is 0 Å². The van der Waals surface area contributed by atoms with Crippen LogP contribution in [-0.4, -0.2) is 65.8 Å². The van der Waals surface area contributed by atoms with Gasteiger partial charge in [0.25, 0.3) is 11.7 Å². The zero-order chi connectivity index (χ0) is 37.4. The molecule has 7 nitrogen and oxygen atoms in total. The van der Waals surface area contributed by atoms with Crippen molar-refractivity contribution in [2.24, 2.45) is 0 Å². The first-order valence-corrected chi connectivity index (χ1v) is 16.0. The average Bonchev–Trinajstić information content (AvgIpc) is 2.93. The van der Waals surface area contributed by atoms with Crippen molar-refractivity contribution in [2.45, 2.75) is 76.5 Å². The quantitative estimate of drug-likeness (QED) is 0.122. The van der Waals surface area contributed by atoms with Crippen LogP contribution in [0.5, 0.6) is 17.2 Å². The van der Waals surface area contributed by atoms with Crippen LogP contribution in [0.1, 0.15) is 20.8 Å². The predicted molar refractivity (Wildman–Crippen MR) is 150 cm³/mol. The van der Waals surface area contributed by atoms with Crippen LogP contribution >= 0.6 is 0 Å². The van der Waals surface area contributed by atoms with Gasteiger partial charge < -0.3 is 23.9 Å². The van der Waals surface area contributed by atoms with Crippen LogP contribution in [0.15, 0.2) is 87.5 Å². The molecule has 0 saturated carbocycles. The van der Waals surface area contributed by atoms with E-state index in [-0.39, 0.29) is 4.90 Å². The second-order valence-corrected chi connectivity index (χ2v) is 14.6. The second kappa shape index (κ2) is 13.7. The lowest BCUT2D eigenvalue weighted by molar-refractivity contribution is -0.373. The van der Waals surface area contributed by atoms with Crippen LogP contribution < -0.4 is 14.2 Å². The fourth-order valence-corrected chi connectivity index (χ4v) is 6.32. The number of halogens is 11. The minimum Gasteiger partial charge on any atom is -0.743 e. The Balaban J connectivity index is 2.01. The molecule has 49 heavy (non-hydrogen) atoms. The zero-order valence-corrected chi connectivity index (χ0v) is 26.7. The van der Waals surface area contributed by atoms with Gasteiger partial charge in [-0.25, -0.2) is 8.42 Å². The summed E-state index contributed by atoms with van der Waals surface area (Å²) in [7, 11) is -8.08. The molecule has 0 amide bonds. The molecule has 0 spiro atoms. The Bertz CT molecular complexity index is 1650. The van der Waals surface area contributed by atoms with Crippen LogP contribution in [0.4, 0.5) is 48.3 Å². The molecule has 3 rings (SSSR count). The minimum absolute atomic E-state index is 0.251. The third-order valence-electron chi connectivity index (χ3n) is 6.18. The Labute approximate surface area is 274 Å². The molecule has 0 aliphatic carbocycles. The van der Waals surface area contributed by atoms with Crippen LogP contribution in [0.25, 0.3) is 0 Å². The molecule has 0 fully saturated rings. The van der Waals surface area contributed by atoms with Crippen molar-refractivity contribution >= 4 is 21.0 Å². The predicted octanol–water partition coefficient (Wildman–Crippen LogP) is 7.64. The third-order valence-corrected chi connectivity index (χ3v) is 9.29.